The normalized spacial score (nSPS) is 18.7. The van der Waals surface area contributed by atoms with Crippen LogP contribution in [-0.2, 0) is 4.79 Å². The van der Waals surface area contributed by atoms with Gasteiger partial charge in [-0.25, -0.2) is 4.98 Å². The second kappa shape index (κ2) is 6.81. The molecule has 2 heterocycles. The lowest BCUT2D eigenvalue weighted by molar-refractivity contribution is -0.126. The average Bonchev–Trinajstić information content (AvgIpc) is 2.47. The Balaban J connectivity index is 2.16. The van der Waals surface area contributed by atoms with Crippen molar-refractivity contribution in [2.24, 2.45) is 0 Å². The topological polar surface area (TPSA) is 74.3 Å². The predicted molar refractivity (Wildman–Crippen MR) is 78.3 cm³/mol. The molecule has 1 aliphatic heterocycles. The second-order valence-electron chi connectivity index (χ2n) is 4.47. The van der Waals surface area contributed by atoms with Gasteiger partial charge < -0.3 is 15.5 Å². The maximum Gasteiger partial charge on any atom is 0.273 e. The molecule has 1 aromatic rings. The molecule has 2 amide bonds. The minimum absolute atomic E-state index is 0.134. The van der Waals surface area contributed by atoms with E-state index in [-0.39, 0.29) is 11.8 Å². The molecule has 2 N–H and O–H groups in total. The Morgan fingerprint density at radius 1 is 1.55 bits per heavy atom. The van der Waals surface area contributed by atoms with Crippen molar-refractivity contribution in [1.82, 2.24) is 20.5 Å². The summed E-state index contributed by atoms with van der Waals surface area (Å²) in [5.41, 5.74) is 0.351. The number of aromatic nitrogens is 1. The van der Waals surface area contributed by atoms with E-state index < -0.39 is 6.04 Å². The maximum absolute atomic E-state index is 12.5. The van der Waals surface area contributed by atoms with Crippen molar-refractivity contribution in [3.8, 4) is 0 Å². The number of piperazine rings is 1. The molecule has 0 spiro atoms. The number of carbonyl (C=O) groups is 2. The number of rotatable bonds is 3. The number of pyridine rings is 1. The van der Waals surface area contributed by atoms with Gasteiger partial charge in [0.15, 0.2) is 0 Å². The highest BCUT2D eigenvalue weighted by Crippen LogP contribution is 2.12. The first kappa shape index (κ1) is 14.9. The highest BCUT2D eigenvalue weighted by Gasteiger charge is 2.32. The van der Waals surface area contributed by atoms with Gasteiger partial charge in [0.05, 0.1) is 0 Å². The molecule has 2 rings (SSSR count). The molecule has 0 aromatic carbocycles. The minimum atomic E-state index is -0.485. The molecular weight excluding hydrogens is 324 g/mol. The van der Waals surface area contributed by atoms with Crippen molar-refractivity contribution in [3.05, 3.63) is 28.5 Å². The summed E-state index contributed by atoms with van der Waals surface area (Å²) >= 11 is 3.28. The van der Waals surface area contributed by atoms with Crippen molar-refractivity contribution in [2.75, 3.05) is 26.2 Å². The molecule has 0 saturated carbocycles. The van der Waals surface area contributed by atoms with Crippen molar-refractivity contribution in [2.45, 2.75) is 13.0 Å². The third-order valence-corrected chi connectivity index (χ3v) is 3.57. The number of likely N-dealkylation sites (N-methyl/N-ethyl adjacent to an activating group) is 1. The van der Waals surface area contributed by atoms with Crippen LogP contribution in [0.1, 0.15) is 17.4 Å². The lowest BCUT2D eigenvalue weighted by Crippen LogP contribution is -2.59. The summed E-state index contributed by atoms with van der Waals surface area (Å²) in [5, 5.41) is 5.90. The first-order chi connectivity index (χ1) is 9.63. The minimum Gasteiger partial charge on any atom is -0.355 e. The quantitative estimate of drug-likeness (QED) is 0.834. The smallest absolute Gasteiger partial charge is 0.273 e. The maximum atomic E-state index is 12.5. The summed E-state index contributed by atoms with van der Waals surface area (Å²) in [4.78, 5) is 30.2. The molecule has 7 heteroatoms. The second-order valence-corrected chi connectivity index (χ2v) is 5.39. The summed E-state index contributed by atoms with van der Waals surface area (Å²) in [7, 11) is 0. The molecule has 1 atom stereocenters. The predicted octanol–water partition coefficient (Wildman–Crippen LogP) is 0.394. The van der Waals surface area contributed by atoms with Gasteiger partial charge in [0.1, 0.15) is 11.7 Å². The van der Waals surface area contributed by atoms with E-state index in [1.807, 2.05) is 6.92 Å². The van der Waals surface area contributed by atoms with Gasteiger partial charge in [-0.15, -0.1) is 0 Å². The molecule has 0 aliphatic carbocycles. The van der Waals surface area contributed by atoms with E-state index in [4.69, 9.17) is 0 Å². The lowest BCUT2D eigenvalue weighted by atomic mass is 10.1. The Morgan fingerprint density at radius 3 is 3.00 bits per heavy atom. The standard InChI is InChI=1S/C13H17BrN4O2/c1-2-16-12(19)11-8-15-5-6-18(11)13(20)10-4-3-9(14)7-17-10/h3-4,7,11,15H,2,5-6,8H2,1H3,(H,16,19). The summed E-state index contributed by atoms with van der Waals surface area (Å²) < 4.78 is 0.814. The first-order valence-electron chi connectivity index (χ1n) is 6.54. The zero-order chi connectivity index (χ0) is 14.5. The zero-order valence-electron chi connectivity index (χ0n) is 11.2. The zero-order valence-corrected chi connectivity index (χ0v) is 12.8. The first-order valence-corrected chi connectivity index (χ1v) is 7.33. The van der Waals surface area contributed by atoms with Gasteiger partial charge in [-0.05, 0) is 35.0 Å². The van der Waals surface area contributed by atoms with E-state index in [0.29, 0.717) is 31.9 Å². The van der Waals surface area contributed by atoms with Crippen molar-refractivity contribution in [3.63, 3.8) is 0 Å². The molecule has 6 nitrogen and oxygen atoms in total. The van der Waals surface area contributed by atoms with Crippen LogP contribution in [0.25, 0.3) is 0 Å². The molecule has 1 fully saturated rings. The van der Waals surface area contributed by atoms with Gasteiger partial charge in [0, 0.05) is 36.8 Å². The molecule has 1 unspecified atom stereocenters. The van der Waals surface area contributed by atoms with E-state index in [1.54, 1.807) is 23.2 Å². The number of amides is 2. The van der Waals surface area contributed by atoms with Crippen LogP contribution >= 0.6 is 15.9 Å². The molecular formula is C13H17BrN4O2. The number of carbonyl (C=O) groups excluding carboxylic acids is 2. The monoisotopic (exact) mass is 340 g/mol. The fraction of sp³-hybridized carbons (Fsp3) is 0.462. The highest BCUT2D eigenvalue weighted by atomic mass is 79.9. The summed E-state index contributed by atoms with van der Waals surface area (Å²) in [5.74, 6) is -0.347. The third-order valence-electron chi connectivity index (χ3n) is 3.10. The van der Waals surface area contributed by atoms with Crippen molar-refractivity contribution >= 4 is 27.7 Å². The van der Waals surface area contributed by atoms with Crippen LogP contribution in [0.4, 0.5) is 0 Å². The molecule has 1 aromatic heterocycles. The Kier molecular flexibility index (Phi) is 5.08. The Morgan fingerprint density at radius 2 is 2.35 bits per heavy atom. The molecule has 1 aliphatic rings. The van der Waals surface area contributed by atoms with Crippen LogP contribution in [0, 0.1) is 0 Å². The van der Waals surface area contributed by atoms with Crippen LogP contribution in [0.2, 0.25) is 0 Å². The summed E-state index contributed by atoms with van der Waals surface area (Å²) in [6, 6.07) is 2.94. The van der Waals surface area contributed by atoms with E-state index in [9.17, 15) is 9.59 Å². The van der Waals surface area contributed by atoms with Gasteiger partial charge in [0.2, 0.25) is 5.91 Å². The van der Waals surface area contributed by atoms with Crippen LogP contribution in [0.3, 0.4) is 0 Å². The van der Waals surface area contributed by atoms with Gasteiger partial charge in [0.25, 0.3) is 5.91 Å². The number of hydrogen-bond acceptors (Lipinski definition) is 4. The number of nitrogens with zero attached hydrogens (tertiary/aromatic N) is 2. The van der Waals surface area contributed by atoms with E-state index in [1.165, 1.54) is 0 Å². The lowest BCUT2D eigenvalue weighted by Gasteiger charge is -2.34. The molecule has 0 radical (unpaired) electrons. The molecule has 20 heavy (non-hydrogen) atoms. The largest absolute Gasteiger partial charge is 0.355 e. The van der Waals surface area contributed by atoms with Gasteiger partial charge >= 0.3 is 0 Å². The highest BCUT2D eigenvalue weighted by molar-refractivity contribution is 9.10. The molecule has 0 bridgehead atoms. The van der Waals surface area contributed by atoms with Gasteiger partial charge in [-0.3, -0.25) is 9.59 Å². The fourth-order valence-electron chi connectivity index (χ4n) is 2.12. The average molecular weight is 341 g/mol. The fourth-order valence-corrected chi connectivity index (χ4v) is 2.36. The SMILES string of the molecule is CCNC(=O)C1CNCCN1C(=O)c1ccc(Br)cn1. The van der Waals surface area contributed by atoms with Crippen LogP contribution in [-0.4, -0.2) is 53.9 Å². The summed E-state index contributed by atoms with van der Waals surface area (Å²) in [6.07, 6.45) is 1.58. The van der Waals surface area contributed by atoms with Crippen molar-refractivity contribution in [1.29, 1.82) is 0 Å². The van der Waals surface area contributed by atoms with Crippen LogP contribution in [0.15, 0.2) is 22.8 Å². The molecule has 1 saturated heterocycles. The van der Waals surface area contributed by atoms with E-state index >= 15 is 0 Å². The van der Waals surface area contributed by atoms with Gasteiger partial charge in [-0.2, -0.15) is 0 Å². The van der Waals surface area contributed by atoms with E-state index in [0.717, 1.165) is 4.47 Å². The number of nitrogens with one attached hydrogen (secondary N) is 2. The van der Waals surface area contributed by atoms with Crippen LogP contribution < -0.4 is 10.6 Å². The van der Waals surface area contributed by atoms with Crippen LogP contribution in [0.5, 0.6) is 0 Å². The number of halogens is 1. The Labute approximate surface area is 126 Å². The van der Waals surface area contributed by atoms with E-state index in [2.05, 4.69) is 31.5 Å². The molecule has 108 valence electrons. The third kappa shape index (κ3) is 3.34. The van der Waals surface area contributed by atoms with Crippen molar-refractivity contribution < 1.29 is 9.59 Å². The number of hydrogen-bond donors (Lipinski definition) is 2. The van der Waals surface area contributed by atoms with Gasteiger partial charge in [-0.1, -0.05) is 0 Å². The summed E-state index contributed by atoms with van der Waals surface area (Å²) in [6.45, 7) is 4.05. The Bertz CT molecular complexity index is 492. The Hall–Kier alpha value is -1.47.